The molecule has 0 aliphatic carbocycles. The number of carbonyl (C=O) groups excluding carboxylic acids is 1. The highest BCUT2D eigenvalue weighted by atomic mass is 35.5. The van der Waals surface area contributed by atoms with Crippen molar-refractivity contribution in [2.24, 2.45) is 4.99 Å². The van der Waals surface area contributed by atoms with E-state index in [-0.39, 0.29) is 4.90 Å². The smallest absolute Gasteiger partial charge is 0.279 e. The molecule has 6 nitrogen and oxygen atoms in total. The Bertz CT molecular complexity index is 1260. The first-order valence-corrected chi connectivity index (χ1v) is 12.4. The van der Waals surface area contributed by atoms with Crippen LogP contribution in [0.4, 0.5) is 0 Å². The number of hydrogen-bond donors (Lipinski definition) is 0. The molecule has 1 amide bonds. The van der Waals surface area contributed by atoms with Crippen LogP contribution < -0.4 is 4.80 Å². The van der Waals surface area contributed by atoms with Gasteiger partial charge in [0.2, 0.25) is 10.0 Å². The number of nitrogens with zero attached hydrogens (tertiary/aromatic N) is 3. The van der Waals surface area contributed by atoms with Crippen molar-refractivity contribution < 1.29 is 13.2 Å². The van der Waals surface area contributed by atoms with Gasteiger partial charge >= 0.3 is 0 Å². The van der Waals surface area contributed by atoms with Crippen LogP contribution in [0.25, 0.3) is 10.2 Å². The molecule has 3 aromatic rings. The summed E-state index contributed by atoms with van der Waals surface area (Å²) < 4.78 is 29.6. The Morgan fingerprint density at radius 3 is 2.30 bits per heavy atom. The second kappa shape index (κ2) is 9.01. The number of thiazole rings is 1. The lowest BCUT2D eigenvalue weighted by Crippen LogP contribution is -2.30. The number of rotatable bonds is 6. The van der Waals surface area contributed by atoms with Crippen molar-refractivity contribution in [1.82, 2.24) is 8.87 Å². The minimum Gasteiger partial charge on any atom is -0.316 e. The summed E-state index contributed by atoms with van der Waals surface area (Å²) in [5.41, 5.74) is 2.26. The van der Waals surface area contributed by atoms with E-state index in [1.54, 1.807) is 13.8 Å². The van der Waals surface area contributed by atoms with Crippen LogP contribution in [0.3, 0.4) is 0 Å². The minimum absolute atomic E-state index is 0.165. The second-order valence-electron chi connectivity index (χ2n) is 6.68. The summed E-state index contributed by atoms with van der Waals surface area (Å²) in [6, 6.07) is 9.70. The number of amides is 1. The van der Waals surface area contributed by atoms with Crippen molar-refractivity contribution in [2.75, 3.05) is 13.1 Å². The molecule has 1 aromatic heterocycles. The van der Waals surface area contributed by atoms with Crippen molar-refractivity contribution in [3.05, 3.63) is 57.3 Å². The zero-order chi connectivity index (χ0) is 22.1. The van der Waals surface area contributed by atoms with E-state index in [0.29, 0.717) is 35.0 Å². The first-order chi connectivity index (χ1) is 14.2. The summed E-state index contributed by atoms with van der Waals surface area (Å²) in [7, 11) is -3.56. The van der Waals surface area contributed by atoms with E-state index >= 15 is 0 Å². The van der Waals surface area contributed by atoms with Gasteiger partial charge in [-0.15, -0.1) is 0 Å². The van der Waals surface area contributed by atoms with Gasteiger partial charge in [0.05, 0.1) is 15.1 Å². The van der Waals surface area contributed by atoms with Gasteiger partial charge in [0.1, 0.15) is 0 Å². The number of benzene rings is 2. The van der Waals surface area contributed by atoms with E-state index in [4.69, 9.17) is 11.6 Å². The fraction of sp³-hybridized carbons (Fsp3) is 0.333. The highest BCUT2D eigenvalue weighted by Crippen LogP contribution is 2.27. The van der Waals surface area contributed by atoms with Gasteiger partial charge in [-0.2, -0.15) is 9.30 Å². The van der Waals surface area contributed by atoms with Gasteiger partial charge in [-0.1, -0.05) is 36.8 Å². The fourth-order valence-corrected chi connectivity index (χ4v) is 6.09. The van der Waals surface area contributed by atoms with E-state index in [1.165, 1.54) is 39.9 Å². The van der Waals surface area contributed by atoms with E-state index in [0.717, 1.165) is 15.8 Å². The molecule has 160 valence electrons. The molecule has 1 heterocycles. The van der Waals surface area contributed by atoms with Gasteiger partial charge in [0.25, 0.3) is 5.91 Å². The quantitative estimate of drug-likeness (QED) is 0.539. The van der Waals surface area contributed by atoms with Crippen LogP contribution in [-0.4, -0.2) is 36.3 Å². The molecule has 0 aliphatic rings. The number of hydrogen-bond acceptors (Lipinski definition) is 4. The van der Waals surface area contributed by atoms with Crippen molar-refractivity contribution in [3.63, 3.8) is 0 Å². The van der Waals surface area contributed by atoms with Crippen molar-refractivity contribution in [2.45, 2.75) is 39.1 Å². The summed E-state index contributed by atoms with van der Waals surface area (Å²) in [5, 5.41) is 0.672. The molecular weight excluding hydrogens is 442 g/mol. The number of halogens is 1. The first-order valence-electron chi connectivity index (χ1n) is 9.72. The van der Waals surface area contributed by atoms with Crippen LogP contribution in [0.15, 0.2) is 46.3 Å². The largest absolute Gasteiger partial charge is 0.316 e. The van der Waals surface area contributed by atoms with Crippen LogP contribution in [0.1, 0.15) is 36.7 Å². The Morgan fingerprint density at radius 1 is 1.10 bits per heavy atom. The number of carbonyl (C=O) groups is 1. The Hall–Kier alpha value is -2.00. The zero-order valence-corrected chi connectivity index (χ0v) is 19.7. The molecule has 0 N–H and O–H groups in total. The molecule has 0 spiro atoms. The average molecular weight is 466 g/mol. The third-order valence-corrected chi connectivity index (χ3v) is 8.50. The third-order valence-electron chi connectivity index (χ3n) is 4.99. The average Bonchev–Trinajstić information content (AvgIpc) is 3.09. The van der Waals surface area contributed by atoms with E-state index in [9.17, 15) is 13.2 Å². The Balaban J connectivity index is 2.01. The van der Waals surface area contributed by atoms with Crippen LogP contribution in [0.2, 0.25) is 5.02 Å². The summed E-state index contributed by atoms with van der Waals surface area (Å²) >= 11 is 7.69. The number of sulfonamides is 1. The van der Waals surface area contributed by atoms with Gasteiger partial charge in [0.15, 0.2) is 4.80 Å². The standard InChI is InChI=1S/C21H24ClN3O3S2/c1-5-24(6-2)30(27,28)16-10-8-15(9-11-16)20(26)23-21-25(7-3)19-14(4)17(22)12-13-18(19)29-21/h8-13H,5-7H2,1-4H3. The van der Waals surface area contributed by atoms with Gasteiger partial charge in [0, 0.05) is 30.2 Å². The molecule has 30 heavy (non-hydrogen) atoms. The first kappa shape index (κ1) is 22.7. The van der Waals surface area contributed by atoms with Crippen molar-refractivity contribution in [3.8, 4) is 0 Å². The Kier molecular flexibility index (Phi) is 6.81. The second-order valence-corrected chi connectivity index (χ2v) is 10.0. The third kappa shape index (κ3) is 4.09. The molecule has 0 saturated carbocycles. The molecule has 0 aliphatic heterocycles. The van der Waals surface area contributed by atoms with Gasteiger partial charge in [-0.3, -0.25) is 4.79 Å². The zero-order valence-electron chi connectivity index (χ0n) is 17.3. The molecule has 0 saturated heterocycles. The maximum absolute atomic E-state index is 12.8. The van der Waals surface area contributed by atoms with Crippen LogP contribution in [-0.2, 0) is 16.6 Å². The lowest BCUT2D eigenvalue weighted by molar-refractivity contribution is 0.0997. The predicted octanol–water partition coefficient (Wildman–Crippen LogP) is 4.46. The topological polar surface area (TPSA) is 71.7 Å². The van der Waals surface area contributed by atoms with Crippen LogP contribution in [0.5, 0.6) is 0 Å². The molecule has 0 bridgehead atoms. The van der Waals surface area contributed by atoms with Gasteiger partial charge < -0.3 is 4.57 Å². The predicted molar refractivity (Wildman–Crippen MR) is 122 cm³/mol. The highest BCUT2D eigenvalue weighted by molar-refractivity contribution is 7.89. The lowest BCUT2D eigenvalue weighted by atomic mass is 10.2. The maximum Gasteiger partial charge on any atom is 0.279 e. The molecule has 0 fully saturated rings. The maximum atomic E-state index is 12.8. The Morgan fingerprint density at radius 2 is 1.73 bits per heavy atom. The van der Waals surface area contributed by atoms with Gasteiger partial charge in [-0.05, 0) is 55.8 Å². The highest BCUT2D eigenvalue weighted by Gasteiger charge is 2.21. The van der Waals surface area contributed by atoms with E-state index in [2.05, 4.69) is 4.99 Å². The van der Waals surface area contributed by atoms with Crippen molar-refractivity contribution in [1.29, 1.82) is 0 Å². The van der Waals surface area contributed by atoms with Crippen molar-refractivity contribution >= 4 is 49.1 Å². The fourth-order valence-electron chi connectivity index (χ4n) is 3.33. The molecule has 3 rings (SSSR count). The molecule has 9 heteroatoms. The van der Waals surface area contributed by atoms with Crippen LogP contribution in [0, 0.1) is 6.92 Å². The summed E-state index contributed by atoms with van der Waals surface area (Å²) in [5.74, 6) is -0.417. The normalized spacial score (nSPS) is 12.8. The van der Waals surface area contributed by atoms with Crippen LogP contribution >= 0.6 is 22.9 Å². The molecular formula is C21H24ClN3O3S2. The molecule has 0 unspecified atom stereocenters. The van der Waals surface area contributed by atoms with E-state index in [1.807, 2.05) is 30.5 Å². The lowest BCUT2D eigenvalue weighted by Gasteiger charge is -2.18. The number of aromatic nitrogens is 1. The Labute approximate surface area is 185 Å². The van der Waals surface area contributed by atoms with Gasteiger partial charge in [-0.25, -0.2) is 8.42 Å². The number of aryl methyl sites for hydroxylation is 2. The SMILES string of the molecule is CCN(CC)S(=O)(=O)c1ccc(C(=O)N=c2sc3ccc(Cl)c(C)c3n2CC)cc1. The summed E-state index contributed by atoms with van der Waals surface area (Å²) in [6.07, 6.45) is 0. The monoisotopic (exact) mass is 465 g/mol. The number of fused-ring (bicyclic) bond motifs is 1. The summed E-state index contributed by atoms with van der Waals surface area (Å²) in [4.78, 5) is 17.8. The summed E-state index contributed by atoms with van der Waals surface area (Å²) in [6.45, 7) is 8.95. The molecule has 2 aromatic carbocycles. The molecule has 0 atom stereocenters. The minimum atomic E-state index is -3.56. The van der Waals surface area contributed by atoms with E-state index < -0.39 is 15.9 Å². The molecule has 0 radical (unpaired) electrons.